The molecule has 0 aromatic carbocycles. The molecule has 1 saturated carbocycles. The number of hydrogen-bond acceptors (Lipinski definition) is 4. The standard InChI is InChI=1S/C17H33BN2O4/c1-16(2,3)13(19)14(21)20-12-7-9-17(11-12,15(22)23)8-5-6-10-18(4)24/h12-13,24H,5-11,19H2,1-4H3,(H,20,21)(H,22,23)/t12-,13-,17+/m0/s1. The van der Waals surface area contributed by atoms with E-state index in [9.17, 15) is 19.7 Å². The van der Waals surface area contributed by atoms with E-state index in [4.69, 9.17) is 5.73 Å². The van der Waals surface area contributed by atoms with Crippen LogP contribution in [0.25, 0.3) is 0 Å². The van der Waals surface area contributed by atoms with Gasteiger partial charge < -0.3 is 21.2 Å². The Bertz CT molecular complexity index is 450. The number of carbonyl (C=O) groups is 2. The molecule has 0 spiro atoms. The van der Waals surface area contributed by atoms with Crippen molar-refractivity contribution in [3.8, 4) is 0 Å². The average Bonchev–Trinajstić information content (AvgIpc) is 2.86. The van der Waals surface area contributed by atoms with Crippen molar-refractivity contribution in [2.24, 2.45) is 16.6 Å². The Balaban J connectivity index is 2.58. The summed E-state index contributed by atoms with van der Waals surface area (Å²) in [7, 11) is 0. The number of carboxylic acids is 1. The lowest BCUT2D eigenvalue weighted by atomic mass is 9.66. The average molecular weight is 340 g/mol. The van der Waals surface area contributed by atoms with E-state index in [0.29, 0.717) is 32.0 Å². The topological polar surface area (TPSA) is 113 Å². The van der Waals surface area contributed by atoms with Gasteiger partial charge in [-0.25, -0.2) is 0 Å². The minimum atomic E-state index is -0.781. The number of carboxylic acid groups (broad SMARTS) is 1. The van der Waals surface area contributed by atoms with Gasteiger partial charge >= 0.3 is 5.97 Å². The van der Waals surface area contributed by atoms with Gasteiger partial charge in [0.25, 0.3) is 6.92 Å². The maximum atomic E-state index is 12.3. The molecule has 0 radical (unpaired) electrons. The molecule has 5 N–H and O–H groups in total. The molecule has 0 aliphatic heterocycles. The van der Waals surface area contributed by atoms with Crippen LogP contribution in [-0.2, 0) is 9.59 Å². The van der Waals surface area contributed by atoms with E-state index in [1.54, 1.807) is 6.82 Å². The zero-order chi connectivity index (χ0) is 18.5. The molecule has 0 aromatic heterocycles. The van der Waals surface area contributed by atoms with E-state index >= 15 is 0 Å². The summed E-state index contributed by atoms with van der Waals surface area (Å²) in [5.41, 5.74) is 4.89. The van der Waals surface area contributed by atoms with Crippen molar-refractivity contribution in [3.05, 3.63) is 0 Å². The molecule has 7 heteroatoms. The zero-order valence-corrected chi connectivity index (χ0v) is 15.5. The molecule has 1 aliphatic rings. The fourth-order valence-electron chi connectivity index (χ4n) is 3.37. The lowest BCUT2D eigenvalue weighted by molar-refractivity contribution is -0.149. The normalized spacial score (nSPS) is 25.3. The van der Waals surface area contributed by atoms with Crippen LogP contribution in [0.15, 0.2) is 0 Å². The van der Waals surface area contributed by atoms with Gasteiger partial charge in [0, 0.05) is 6.04 Å². The third-order valence-electron chi connectivity index (χ3n) is 5.15. The van der Waals surface area contributed by atoms with Crippen molar-refractivity contribution in [1.82, 2.24) is 5.32 Å². The van der Waals surface area contributed by atoms with E-state index < -0.39 is 17.4 Å². The van der Waals surface area contributed by atoms with Crippen LogP contribution in [0.5, 0.6) is 0 Å². The lowest BCUT2D eigenvalue weighted by Gasteiger charge is -2.28. The summed E-state index contributed by atoms with van der Waals surface area (Å²) in [5.74, 6) is -0.987. The molecule has 1 rings (SSSR count). The van der Waals surface area contributed by atoms with Gasteiger partial charge in [0.1, 0.15) is 0 Å². The van der Waals surface area contributed by atoms with Gasteiger partial charge in [0.15, 0.2) is 0 Å². The van der Waals surface area contributed by atoms with E-state index in [1.165, 1.54) is 0 Å². The smallest absolute Gasteiger partial charge is 0.309 e. The van der Waals surface area contributed by atoms with Gasteiger partial charge in [-0.3, -0.25) is 9.59 Å². The predicted molar refractivity (Wildman–Crippen MR) is 95.8 cm³/mol. The lowest BCUT2D eigenvalue weighted by Crippen LogP contribution is -2.51. The molecule has 0 saturated heterocycles. The highest BCUT2D eigenvalue weighted by Crippen LogP contribution is 2.43. The molecular weight excluding hydrogens is 307 g/mol. The molecule has 1 amide bonds. The van der Waals surface area contributed by atoms with Crippen molar-refractivity contribution in [1.29, 1.82) is 0 Å². The van der Waals surface area contributed by atoms with Crippen molar-refractivity contribution in [3.63, 3.8) is 0 Å². The van der Waals surface area contributed by atoms with Crippen LogP contribution >= 0.6 is 0 Å². The highest BCUT2D eigenvalue weighted by atomic mass is 16.4. The first-order chi connectivity index (χ1) is 11.0. The van der Waals surface area contributed by atoms with Crippen LogP contribution in [0.3, 0.4) is 0 Å². The largest absolute Gasteiger partial charge is 0.481 e. The van der Waals surface area contributed by atoms with Crippen LogP contribution in [0.1, 0.15) is 59.3 Å². The summed E-state index contributed by atoms with van der Waals surface area (Å²) in [4.78, 5) is 24.0. The Labute approximate surface area is 145 Å². The Morgan fingerprint density at radius 3 is 2.50 bits per heavy atom. The first-order valence-electron chi connectivity index (χ1n) is 8.95. The van der Waals surface area contributed by atoms with Gasteiger partial charge in [-0.2, -0.15) is 0 Å². The fourth-order valence-corrected chi connectivity index (χ4v) is 3.37. The number of rotatable bonds is 8. The third-order valence-corrected chi connectivity index (χ3v) is 5.15. The summed E-state index contributed by atoms with van der Waals surface area (Å²) in [6, 6.07) is -0.734. The number of nitrogens with one attached hydrogen (secondary N) is 1. The summed E-state index contributed by atoms with van der Waals surface area (Å²) in [6.07, 6.45) is 4.58. The Hall–Kier alpha value is -1.08. The van der Waals surface area contributed by atoms with Gasteiger partial charge in [-0.1, -0.05) is 40.4 Å². The molecule has 3 atom stereocenters. The van der Waals surface area contributed by atoms with Crippen LogP contribution in [-0.4, -0.2) is 41.0 Å². The number of aliphatic carboxylic acids is 1. The first kappa shape index (κ1) is 21.0. The summed E-state index contributed by atoms with van der Waals surface area (Å²) < 4.78 is 0. The van der Waals surface area contributed by atoms with E-state index in [1.807, 2.05) is 20.8 Å². The molecule has 24 heavy (non-hydrogen) atoms. The minimum absolute atomic E-state index is 0.126. The van der Waals surface area contributed by atoms with Gasteiger partial charge in [0.05, 0.1) is 11.5 Å². The molecule has 0 aromatic rings. The molecule has 0 heterocycles. The number of carbonyl (C=O) groups excluding carboxylic acids is 1. The molecular formula is C17H33BN2O4. The number of amides is 1. The van der Waals surface area contributed by atoms with E-state index in [-0.39, 0.29) is 24.3 Å². The fraction of sp³-hybridized carbons (Fsp3) is 0.882. The van der Waals surface area contributed by atoms with Crippen LogP contribution in [0.4, 0.5) is 0 Å². The second-order valence-electron chi connectivity index (χ2n) is 8.47. The maximum absolute atomic E-state index is 12.3. The molecule has 0 bridgehead atoms. The number of unbranched alkanes of at least 4 members (excludes halogenated alkanes) is 1. The monoisotopic (exact) mass is 340 g/mol. The first-order valence-corrected chi connectivity index (χ1v) is 8.95. The molecule has 1 aliphatic carbocycles. The van der Waals surface area contributed by atoms with Gasteiger partial charge in [0.2, 0.25) is 5.91 Å². The molecule has 1 fully saturated rings. The zero-order valence-electron chi connectivity index (χ0n) is 15.5. The highest BCUT2D eigenvalue weighted by Gasteiger charge is 2.45. The maximum Gasteiger partial charge on any atom is 0.309 e. The molecule has 0 unspecified atom stereocenters. The quantitative estimate of drug-likeness (QED) is 0.398. The number of nitrogens with two attached hydrogens (primary N) is 1. The third kappa shape index (κ3) is 5.78. The summed E-state index contributed by atoms with van der Waals surface area (Å²) in [6.45, 7) is 7.13. The predicted octanol–water partition coefficient (Wildman–Crippen LogP) is 1.88. The minimum Gasteiger partial charge on any atom is -0.481 e. The Morgan fingerprint density at radius 2 is 2.00 bits per heavy atom. The number of hydrogen-bond donors (Lipinski definition) is 4. The van der Waals surface area contributed by atoms with Crippen molar-refractivity contribution >= 4 is 18.8 Å². The van der Waals surface area contributed by atoms with Crippen LogP contribution in [0, 0.1) is 10.8 Å². The SMILES string of the molecule is CB(O)CCCC[C@@]1(C(=O)O)CC[C@H](NC(=O)[C@H](N)C(C)(C)C)C1. The molecule has 6 nitrogen and oxygen atoms in total. The summed E-state index contributed by atoms with van der Waals surface area (Å²) >= 11 is 0. The Kier molecular flexibility index (Phi) is 7.29. The summed E-state index contributed by atoms with van der Waals surface area (Å²) in [5, 5.41) is 21.9. The van der Waals surface area contributed by atoms with Crippen LogP contribution < -0.4 is 11.1 Å². The highest BCUT2D eigenvalue weighted by molar-refractivity contribution is 6.48. The second kappa shape index (κ2) is 8.34. The van der Waals surface area contributed by atoms with E-state index in [0.717, 1.165) is 12.8 Å². The van der Waals surface area contributed by atoms with Crippen molar-refractivity contribution < 1.29 is 19.7 Å². The Morgan fingerprint density at radius 1 is 1.38 bits per heavy atom. The van der Waals surface area contributed by atoms with Gasteiger partial charge in [-0.05, 0) is 37.4 Å². The van der Waals surface area contributed by atoms with Crippen LogP contribution in [0.2, 0.25) is 13.1 Å². The van der Waals surface area contributed by atoms with Crippen molar-refractivity contribution in [2.45, 2.75) is 84.5 Å². The van der Waals surface area contributed by atoms with E-state index in [2.05, 4.69) is 5.32 Å². The second-order valence-corrected chi connectivity index (χ2v) is 8.47. The molecule has 138 valence electrons. The van der Waals surface area contributed by atoms with Gasteiger partial charge in [-0.15, -0.1) is 0 Å². The van der Waals surface area contributed by atoms with Crippen molar-refractivity contribution in [2.75, 3.05) is 0 Å².